The van der Waals surface area contributed by atoms with Crippen molar-refractivity contribution >= 4 is 5.91 Å². The summed E-state index contributed by atoms with van der Waals surface area (Å²) in [5.74, 6) is 0.169. The van der Waals surface area contributed by atoms with Gasteiger partial charge in [-0.3, -0.25) is 4.79 Å². The lowest BCUT2D eigenvalue weighted by Crippen LogP contribution is -2.50. The van der Waals surface area contributed by atoms with Crippen molar-refractivity contribution in [1.82, 2.24) is 4.90 Å². The molecular weight excluding hydrogens is 228 g/mol. The van der Waals surface area contributed by atoms with Gasteiger partial charge in [-0.2, -0.15) is 0 Å². The number of amides is 1. The zero-order valence-electron chi connectivity index (χ0n) is 10.5. The van der Waals surface area contributed by atoms with Crippen molar-refractivity contribution < 1.29 is 9.53 Å². The van der Waals surface area contributed by atoms with Crippen molar-refractivity contribution in [2.75, 3.05) is 26.3 Å². The van der Waals surface area contributed by atoms with E-state index in [9.17, 15) is 4.79 Å². The molecule has 0 aromatic heterocycles. The van der Waals surface area contributed by atoms with E-state index in [4.69, 9.17) is 10.5 Å². The quantitative estimate of drug-likeness (QED) is 0.857. The van der Waals surface area contributed by atoms with Crippen LogP contribution in [0.25, 0.3) is 0 Å². The minimum absolute atomic E-state index is 0.139. The monoisotopic (exact) mass is 248 g/mol. The maximum absolute atomic E-state index is 12.3. The Morgan fingerprint density at radius 2 is 2.17 bits per heavy atom. The number of hydrogen-bond acceptors (Lipinski definition) is 3. The third-order valence-electron chi connectivity index (χ3n) is 3.25. The lowest BCUT2D eigenvalue weighted by molar-refractivity contribution is -0.139. The lowest BCUT2D eigenvalue weighted by Gasteiger charge is -2.35. The van der Waals surface area contributed by atoms with Crippen LogP contribution in [0.2, 0.25) is 0 Å². The van der Waals surface area contributed by atoms with Gasteiger partial charge in [0.15, 0.2) is 0 Å². The number of rotatable bonds is 4. The molecule has 0 bridgehead atoms. The van der Waals surface area contributed by atoms with E-state index in [1.807, 2.05) is 35.2 Å². The van der Waals surface area contributed by atoms with Gasteiger partial charge in [0, 0.05) is 6.54 Å². The van der Waals surface area contributed by atoms with Crippen LogP contribution in [-0.2, 0) is 16.0 Å². The topological polar surface area (TPSA) is 55.6 Å². The summed E-state index contributed by atoms with van der Waals surface area (Å²) in [5, 5.41) is 0. The minimum atomic E-state index is 0.139. The third-order valence-corrected chi connectivity index (χ3v) is 3.25. The Balaban J connectivity index is 1.98. The van der Waals surface area contributed by atoms with Crippen molar-refractivity contribution in [3.05, 3.63) is 35.9 Å². The summed E-state index contributed by atoms with van der Waals surface area (Å²) < 4.78 is 5.42. The van der Waals surface area contributed by atoms with Gasteiger partial charge in [0.1, 0.15) is 0 Å². The zero-order chi connectivity index (χ0) is 12.8. The first-order valence-corrected chi connectivity index (χ1v) is 6.42. The van der Waals surface area contributed by atoms with Gasteiger partial charge in [-0.05, 0) is 18.5 Å². The molecule has 1 aliphatic heterocycles. The summed E-state index contributed by atoms with van der Waals surface area (Å²) in [6.07, 6.45) is 1.27. The predicted molar refractivity (Wildman–Crippen MR) is 70.1 cm³/mol. The van der Waals surface area contributed by atoms with Crippen LogP contribution in [0, 0.1) is 0 Å². The van der Waals surface area contributed by atoms with E-state index in [-0.39, 0.29) is 11.9 Å². The molecule has 4 nitrogen and oxygen atoms in total. The Hall–Kier alpha value is -1.39. The van der Waals surface area contributed by atoms with Crippen molar-refractivity contribution in [2.45, 2.75) is 18.9 Å². The minimum Gasteiger partial charge on any atom is -0.377 e. The number of morpholine rings is 1. The standard InChI is InChI=1S/C14H20N2O2/c15-7-6-13-11-18-9-8-16(13)14(17)10-12-4-2-1-3-5-12/h1-5,13H,6-11,15H2. The second-order valence-electron chi connectivity index (χ2n) is 4.56. The van der Waals surface area contributed by atoms with Crippen LogP contribution in [-0.4, -0.2) is 43.2 Å². The molecule has 1 aliphatic rings. The van der Waals surface area contributed by atoms with E-state index in [0.29, 0.717) is 32.7 Å². The number of carbonyl (C=O) groups excluding carboxylic acids is 1. The SMILES string of the molecule is NCCC1COCCN1C(=O)Cc1ccccc1. The summed E-state index contributed by atoms with van der Waals surface area (Å²) in [5.41, 5.74) is 6.64. The summed E-state index contributed by atoms with van der Waals surface area (Å²) in [6.45, 7) is 2.50. The normalized spacial score (nSPS) is 19.8. The first-order valence-electron chi connectivity index (χ1n) is 6.42. The number of nitrogens with zero attached hydrogens (tertiary/aromatic N) is 1. The van der Waals surface area contributed by atoms with Crippen LogP contribution in [0.5, 0.6) is 0 Å². The number of benzene rings is 1. The van der Waals surface area contributed by atoms with E-state index in [1.165, 1.54) is 0 Å². The van der Waals surface area contributed by atoms with Crippen LogP contribution in [0.3, 0.4) is 0 Å². The van der Waals surface area contributed by atoms with Crippen molar-refractivity contribution in [1.29, 1.82) is 0 Å². The highest BCUT2D eigenvalue weighted by Crippen LogP contribution is 2.12. The van der Waals surface area contributed by atoms with Crippen molar-refractivity contribution in [3.8, 4) is 0 Å². The maximum Gasteiger partial charge on any atom is 0.227 e. The zero-order valence-corrected chi connectivity index (χ0v) is 10.5. The van der Waals surface area contributed by atoms with Gasteiger partial charge in [-0.1, -0.05) is 30.3 Å². The molecule has 2 rings (SSSR count). The molecule has 1 atom stereocenters. The Morgan fingerprint density at radius 3 is 2.89 bits per heavy atom. The fourth-order valence-electron chi connectivity index (χ4n) is 2.29. The molecule has 0 aliphatic carbocycles. The molecule has 0 saturated carbocycles. The molecule has 1 saturated heterocycles. The molecule has 0 spiro atoms. The number of carbonyl (C=O) groups is 1. The van der Waals surface area contributed by atoms with Gasteiger partial charge in [-0.15, -0.1) is 0 Å². The molecule has 4 heteroatoms. The highest BCUT2D eigenvalue weighted by molar-refractivity contribution is 5.79. The molecular formula is C14H20N2O2. The van der Waals surface area contributed by atoms with Gasteiger partial charge >= 0.3 is 0 Å². The van der Waals surface area contributed by atoms with Gasteiger partial charge in [0.25, 0.3) is 0 Å². The van der Waals surface area contributed by atoms with E-state index >= 15 is 0 Å². The number of nitrogens with two attached hydrogens (primary N) is 1. The molecule has 1 unspecified atom stereocenters. The summed E-state index contributed by atoms with van der Waals surface area (Å²) in [7, 11) is 0. The lowest BCUT2D eigenvalue weighted by atomic mass is 10.1. The number of hydrogen-bond donors (Lipinski definition) is 1. The third kappa shape index (κ3) is 3.31. The highest BCUT2D eigenvalue weighted by atomic mass is 16.5. The van der Waals surface area contributed by atoms with E-state index in [2.05, 4.69) is 0 Å². The molecule has 1 aromatic rings. The second-order valence-corrected chi connectivity index (χ2v) is 4.56. The molecule has 1 amide bonds. The Bertz CT molecular complexity index is 379. The van der Waals surface area contributed by atoms with Crippen LogP contribution in [0.4, 0.5) is 0 Å². The maximum atomic E-state index is 12.3. The predicted octanol–water partition coefficient (Wildman–Crippen LogP) is 0.805. The van der Waals surface area contributed by atoms with Crippen LogP contribution >= 0.6 is 0 Å². The molecule has 18 heavy (non-hydrogen) atoms. The molecule has 1 fully saturated rings. The Kier molecular flexibility index (Phi) is 4.73. The Labute approximate surface area is 108 Å². The second kappa shape index (κ2) is 6.52. The van der Waals surface area contributed by atoms with Gasteiger partial charge < -0.3 is 15.4 Å². The highest BCUT2D eigenvalue weighted by Gasteiger charge is 2.26. The summed E-state index contributed by atoms with van der Waals surface area (Å²) in [6, 6.07) is 9.98. The summed E-state index contributed by atoms with van der Waals surface area (Å²) in [4.78, 5) is 14.2. The van der Waals surface area contributed by atoms with Crippen LogP contribution in [0.1, 0.15) is 12.0 Å². The van der Waals surface area contributed by atoms with E-state index < -0.39 is 0 Å². The molecule has 1 heterocycles. The van der Waals surface area contributed by atoms with Crippen molar-refractivity contribution in [3.63, 3.8) is 0 Å². The van der Waals surface area contributed by atoms with E-state index in [1.54, 1.807) is 0 Å². The average molecular weight is 248 g/mol. The summed E-state index contributed by atoms with van der Waals surface area (Å²) >= 11 is 0. The molecule has 0 radical (unpaired) electrons. The Morgan fingerprint density at radius 1 is 1.39 bits per heavy atom. The van der Waals surface area contributed by atoms with Crippen LogP contribution < -0.4 is 5.73 Å². The van der Waals surface area contributed by atoms with Crippen molar-refractivity contribution in [2.24, 2.45) is 5.73 Å². The fourth-order valence-corrected chi connectivity index (χ4v) is 2.29. The largest absolute Gasteiger partial charge is 0.377 e. The molecule has 2 N–H and O–H groups in total. The number of ether oxygens (including phenoxy) is 1. The van der Waals surface area contributed by atoms with Gasteiger partial charge in [0.05, 0.1) is 25.7 Å². The smallest absolute Gasteiger partial charge is 0.227 e. The average Bonchev–Trinajstić information content (AvgIpc) is 2.41. The van der Waals surface area contributed by atoms with E-state index in [0.717, 1.165) is 12.0 Å². The van der Waals surface area contributed by atoms with Crippen LogP contribution in [0.15, 0.2) is 30.3 Å². The first-order chi connectivity index (χ1) is 8.81. The molecule has 98 valence electrons. The first kappa shape index (κ1) is 13.1. The van der Waals surface area contributed by atoms with Gasteiger partial charge in [-0.25, -0.2) is 0 Å². The fraction of sp³-hybridized carbons (Fsp3) is 0.500. The van der Waals surface area contributed by atoms with Gasteiger partial charge in [0.2, 0.25) is 5.91 Å². The molecule has 1 aromatic carbocycles.